The Hall–Kier alpha value is -0.975. The molecule has 0 spiro atoms. The van der Waals surface area contributed by atoms with Crippen molar-refractivity contribution in [3.8, 4) is 0 Å². The Kier molecular flexibility index (Phi) is 6.17. The van der Waals surface area contributed by atoms with Crippen molar-refractivity contribution in [1.29, 1.82) is 0 Å². The van der Waals surface area contributed by atoms with E-state index in [1.54, 1.807) is 0 Å². The van der Waals surface area contributed by atoms with E-state index in [4.69, 9.17) is 0 Å². The maximum atomic E-state index is 3.73. The van der Waals surface area contributed by atoms with Crippen LogP contribution in [0, 0.1) is 0 Å². The summed E-state index contributed by atoms with van der Waals surface area (Å²) in [4.78, 5) is 0. The van der Waals surface area contributed by atoms with Crippen LogP contribution >= 0.6 is 0 Å². The first kappa shape index (κ1) is 11.0. The van der Waals surface area contributed by atoms with Crippen LogP contribution in [0.5, 0.6) is 0 Å². The van der Waals surface area contributed by atoms with Gasteiger partial charge in [-0.05, 0) is 19.3 Å². The van der Waals surface area contributed by atoms with Gasteiger partial charge in [0.1, 0.15) is 7.85 Å². The first-order valence-electron chi connectivity index (χ1n) is 4.26. The molecular weight excluding hydrogens is 143 g/mol. The highest BCUT2D eigenvalue weighted by Crippen LogP contribution is 2.14. The third kappa shape index (κ3) is 4.02. The molecule has 0 rings (SSSR count). The van der Waals surface area contributed by atoms with Crippen molar-refractivity contribution in [2.75, 3.05) is 0 Å². The molecule has 0 saturated heterocycles. The molecule has 0 aromatic heterocycles. The lowest BCUT2D eigenvalue weighted by molar-refractivity contribution is 1.07. The molecule has 0 aliphatic carbocycles. The van der Waals surface area contributed by atoms with Gasteiger partial charge in [0.25, 0.3) is 0 Å². The largest absolute Gasteiger partial charge is 0.134 e. The molecule has 12 heavy (non-hydrogen) atoms. The highest BCUT2D eigenvalue weighted by molar-refractivity contribution is 6.22. The first-order chi connectivity index (χ1) is 5.76. The van der Waals surface area contributed by atoms with Crippen molar-refractivity contribution in [2.24, 2.45) is 0 Å². The van der Waals surface area contributed by atoms with Crippen molar-refractivity contribution in [3.05, 3.63) is 49.0 Å². The molecule has 0 aliphatic rings. The Morgan fingerprint density at radius 3 is 1.67 bits per heavy atom. The molecule has 1 heteroatoms. The molecule has 0 aliphatic heterocycles. The van der Waals surface area contributed by atoms with Gasteiger partial charge in [-0.2, -0.15) is 0 Å². The van der Waals surface area contributed by atoms with Crippen molar-refractivity contribution < 1.29 is 0 Å². The summed E-state index contributed by atoms with van der Waals surface area (Å²) in [6, 6.07) is 0. The van der Waals surface area contributed by atoms with Gasteiger partial charge >= 0.3 is 0 Å². The molecule has 64 valence electrons. The highest BCUT2D eigenvalue weighted by Gasteiger charge is 1.96. The molecule has 0 amide bonds. The minimum atomic E-state index is 0.964. The average molecular weight is 160 g/mol. The van der Waals surface area contributed by atoms with E-state index in [9.17, 15) is 0 Å². The highest BCUT2D eigenvalue weighted by atomic mass is 14.0. The summed E-state index contributed by atoms with van der Waals surface area (Å²) in [5.74, 6) is 0. The van der Waals surface area contributed by atoms with E-state index in [0.29, 0.717) is 0 Å². The van der Waals surface area contributed by atoms with Crippen LogP contribution in [0.2, 0.25) is 0 Å². The lowest BCUT2D eigenvalue weighted by Crippen LogP contribution is -1.89. The van der Waals surface area contributed by atoms with Crippen LogP contribution < -0.4 is 0 Å². The van der Waals surface area contributed by atoms with E-state index >= 15 is 0 Å². The van der Waals surface area contributed by atoms with E-state index in [2.05, 4.69) is 27.6 Å². The molecule has 0 saturated carbocycles. The standard InChI is InChI=1S/C11H17B/c1-4-7-10(8-5-2)11(12)9-6-3/h4-6H,1-3,7-9,12H2. The second kappa shape index (κ2) is 6.72. The van der Waals surface area contributed by atoms with Gasteiger partial charge in [0.2, 0.25) is 0 Å². The summed E-state index contributed by atoms with van der Waals surface area (Å²) in [6.45, 7) is 11.2. The maximum absolute atomic E-state index is 3.73. The number of allylic oxidation sites excluding steroid dienone is 5. The topological polar surface area (TPSA) is 0 Å². The van der Waals surface area contributed by atoms with Gasteiger partial charge in [0.05, 0.1) is 0 Å². The molecule has 0 aromatic rings. The van der Waals surface area contributed by atoms with Crippen LogP contribution in [0.3, 0.4) is 0 Å². The average Bonchev–Trinajstić information content (AvgIpc) is 2.04. The van der Waals surface area contributed by atoms with Crippen molar-refractivity contribution in [1.82, 2.24) is 0 Å². The van der Waals surface area contributed by atoms with E-state index in [-0.39, 0.29) is 0 Å². The second-order valence-electron chi connectivity index (χ2n) is 2.86. The molecule has 0 aromatic carbocycles. The number of rotatable bonds is 6. The van der Waals surface area contributed by atoms with E-state index < -0.39 is 0 Å². The Morgan fingerprint density at radius 1 is 0.917 bits per heavy atom. The van der Waals surface area contributed by atoms with Crippen molar-refractivity contribution in [3.63, 3.8) is 0 Å². The van der Waals surface area contributed by atoms with Crippen LogP contribution in [0.25, 0.3) is 0 Å². The zero-order chi connectivity index (χ0) is 9.40. The van der Waals surface area contributed by atoms with E-state index in [1.807, 2.05) is 18.2 Å². The zero-order valence-corrected chi connectivity index (χ0v) is 7.97. The van der Waals surface area contributed by atoms with E-state index in [1.165, 1.54) is 11.0 Å². The normalized spacial score (nSPS) is 8.67. The molecule has 0 nitrogen and oxygen atoms in total. The summed E-state index contributed by atoms with van der Waals surface area (Å²) in [5.41, 5.74) is 2.81. The smallest absolute Gasteiger partial charge is 0.106 e. The molecular formula is C11H17B. The predicted molar refractivity (Wildman–Crippen MR) is 60.0 cm³/mol. The van der Waals surface area contributed by atoms with Gasteiger partial charge in [0.15, 0.2) is 0 Å². The molecule has 0 radical (unpaired) electrons. The molecule has 0 atom stereocenters. The summed E-state index contributed by atoms with van der Waals surface area (Å²) in [5, 5.41) is 0. The molecule has 0 unspecified atom stereocenters. The number of hydrogen-bond acceptors (Lipinski definition) is 0. The van der Waals surface area contributed by atoms with Crippen LogP contribution in [-0.4, -0.2) is 7.85 Å². The first-order valence-corrected chi connectivity index (χ1v) is 4.26. The monoisotopic (exact) mass is 160 g/mol. The molecule has 0 heterocycles. The van der Waals surface area contributed by atoms with Crippen molar-refractivity contribution in [2.45, 2.75) is 19.3 Å². The van der Waals surface area contributed by atoms with Gasteiger partial charge in [-0.1, -0.05) is 23.8 Å². The molecule has 0 bridgehead atoms. The fourth-order valence-electron chi connectivity index (χ4n) is 1.14. The Bertz CT molecular complexity index is 187. The van der Waals surface area contributed by atoms with Gasteiger partial charge < -0.3 is 0 Å². The van der Waals surface area contributed by atoms with Crippen LogP contribution in [0.15, 0.2) is 49.0 Å². The van der Waals surface area contributed by atoms with Crippen molar-refractivity contribution >= 4 is 7.85 Å². The third-order valence-electron chi connectivity index (χ3n) is 1.84. The third-order valence-corrected chi connectivity index (χ3v) is 1.84. The quantitative estimate of drug-likeness (QED) is 0.413. The summed E-state index contributed by atoms with van der Waals surface area (Å²) >= 11 is 0. The molecule has 0 N–H and O–H groups in total. The fraction of sp³-hybridized carbons (Fsp3) is 0.273. The van der Waals surface area contributed by atoms with Crippen LogP contribution in [-0.2, 0) is 0 Å². The predicted octanol–water partition coefficient (Wildman–Crippen LogP) is 2.60. The Labute approximate surface area is 76.8 Å². The lowest BCUT2D eigenvalue weighted by atomic mass is 9.85. The Balaban J connectivity index is 4.39. The lowest BCUT2D eigenvalue weighted by Gasteiger charge is -2.06. The Morgan fingerprint density at radius 2 is 1.33 bits per heavy atom. The van der Waals surface area contributed by atoms with Gasteiger partial charge in [-0.25, -0.2) is 0 Å². The summed E-state index contributed by atoms with van der Waals surface area (Å²) in [6.07, 6.45) is 8.70. The molecule has 0 fully saturated rings. The second-order valence-corrected chi connectivity index (χ2v) is 2.86. The van der Waals surface area contributed by atoms with E-state index in [0.717, 1.165) is 19.3 Å². The van der Waals surface area contributed by atoms with Crippen LogP contribution in [0.1, 0.15) is 19.3 Å². The summed E-state index contributed by atoms with van der Waals surface area (Å²) < 4.78 is 0. The minimum absolute atomic E-state index is 0.964. The van der Waals surface area contributed by atoms with Gasteiger partial charge in [-0.3, -0.25) is 0 Å². The SMILES string of the molecule is BC(CC=C)=C(CC=C)CC=C. The van der Waals surface area contributed by atoms with Gasteiger partial charge in [-0.15, -0.1) is 25.2 Å². The fourth-order valence-corrected chi connectivity index (χ4v) is 1.14. The van der Waals surface area contributed by atoms with Gasteiger partial charge in [0, 0.05) is 0 Å². The maximum Gasteiger partial charge on any atom is 0.134 e. The number of hydrogen-bond donors (Lipinski definition) is 0. The zero-order valence-electron chi connectivity index (χ0n) is 7.97. The van der Waals surface area contributed by atoms with Crippen LogP contribution in [0.4, 0.5) is 0 Å². The summed E-state index contributed by atoms with van der Waals surface area (Å²) in [7, 11) is 2.14. The minimum Gasteiger partial charge on any atom is -0.106 e.